The van der Waals surface area contributed by atoms with Gasteiger partial charge in [0.15, 0.2) is 0 Å². The van der Waals surface area contributed by atoms with Crippen molar-refractivity contribution in [2.75, 3.05) is 0 Å². The molecule has 0 radical (unpaired) electrons. The summed E-state index contributed by atoms with van der Waals surface area (Å²) in [6, 6.07) is 8.03. The molecule has 0 aliphatic heterocycles. The summed E-state index contributed by atoms with van der Waals surface area (Å²) in [5.74, 6) is 2.02. The second-order valence-electron chi connectivity index (χ2n) is 7.37. The van der Waals surface area contributed by atoms with Crippen molar-refractivity contribution in [3.8, 4) is 0 Å². The first-order chi connectivity index (χ1) is 11.6. The molecule has 4 rings (SSSR count). The van der Waals surface area contributed by atoms with Crippen molar-refractivity contribution in [3.63, 3.8) is 0 Å². The summed E-state index contributed by atoms with van der Waals surface area (Å²) in [7, 11) is 0. The van der Waals surface area contributed by atoms with Crippen LogP contribution >= 0.6 is 24.8 Å². The SMILES string of the molecule is CCn1c(C(C)NC(=O)C2C3CCC(C3)C2N)nc2ccccc21.Cl.Cl. The van der Waals surface area contributed by atoms with Crippen molar-refractivity contribution in [1.82, 2.24) is 14.9 Å². The summed E-state index contributed by atoms with van der Waals surface area (Å²) in [6.07, 6.45) is 3.47. The Morgan fingerprint density at radius 2 is 2.00 bits per heavy atom. The number of amides is 1. The molecule has 2 aromatic rings. The van der Waals surface area contributed by atoms with E-state index in [2.05, 4.69) is 22.9 Å². The molecular formula is C19H28Cl2N4O. The van der Waals surface area contributed by atoms with E-state index in [4.69, 9.17) is 10.7 Å². The third kappa shape index (κ3) is 3.32. The first-order valence-electron chi connectivity index (χ1n) is 9.11. The molecule has 1 amide bonds. The van der Waals surface area contributed by atoms with Crippen LogP contribution in [0.2, 0.25) is 0 Å². The summed E-state index contributed by atoms with van der Waals surface area (Å²) >= 11 is 0. The number of aryl methyl sites for hydroxylation is 1. The Labute approximate surface area is 166 Å². The van der Waals surface area contributed by atoms with Gasteiger partial charge in [-0.15, -0.1) is 24.8 Å². The number of carbonyl (C=O) groups excluding carboxylic acids is 1. The van der Waals surface area contributed by atoms with Gasteiger partial charge in [-0.25, -0.2) is 4.98 Å². The van der Waals surface area contributed by atoms with E-state index in [1.165, 1.54) is 6.42 Å². The number of hydrogen-bond donors (Lipinski definition) is 2. The smallest absolute Gasteiger partial charge is 0.225 e. The second-order valence-corrected chi connectivity index (χ2v) is 7.37. The van der Waals surface area contributed by atoms with E-state index >= 15 is 0 Å². The van der Waals surface area contributed by atoms with Gasteiger partial charge in [-0.05, 0) is 57.1 Å². The molecule has 1 aromatic heterocycles. The number of nitrogens with two attached hydrogens (primary N) is 1. The molecule has 26 heavy (non-hydrogen) atoms. The van der Waals surface area contributed by atoms with Crippen molar-refractivity contribution in [2.24, 2.45) is 23.5 Å². The number of imidazole rings is 1. The van der Waals surface area contributed by atoms with Gasteiger partial charge >= 0.3 is 0 Å². The molecule has 1 aromatic carbocycles. The number of hydrogen-bond acceptors (Lipinski definition) is 3. The average molecular weight is 399 g/mol. The lowest BCUT2D eigenvalue weighted by molar-refractivity contribution is -0.127. The molecule has 1 heterocycles. The number of nitrogens with one attached hydrogen (secondary N) is 1. The molecule has 3 N–H and O–H groups in total. The zero-order valence-corrected chi connectivity index (χ0v) is 16.9. The minimum atomic E-state index is -0.115. The zero-order valence-electron chi connectivity index (χ0n) is 15.2. The minimum absolute atomic E-state index is 0. The quantitative estimate of drug-likeness (QED) is 0.827. The third-order valence-electron chi connectivity index (χ3n) is 6.03. The maximum absolute atomic E-state index is 12.8. The van der Waals surface area contributed by atoms with Crippen molar-refractivity contribution in [2.45, 2.75) is 51.7 Å². The van der Waals surface area contributed by atoms with Crippen molar-refractivity contribution >= 4 is 41.8 Å². The largest absolute Gasteiger partial charge is 0.346 e. The number of halogens is 2. The molecular weight excluding hydrogens is 371 g/mol. The Morgan fingerprint density at radius 1 is 1.31 bits per heavy atom. The van der Waals surface area contributed by atoms with Crippen LogP contribution in [-0.4, -0.2) is 21.5 Å². The fraction of sp³-hybridized carbons (Fsp3) is 0.579. The van der Waals surface area contributed by atoms with Gasteiger partial charge in [-0.3, -0.25) is 4.79 Å². The Hall–Kier alpha value is -1.30. The Morgan fingerprint density at radius 3 is 2.65 bits per heavy atom. The number of nitrogens with zero attached hydrogens (tertiary/aromatic N) is 2. The first kappa shape index (κ1) is 21.0. The maximum Gasteiger partial charge on any atom is 0.225 e. The van der Waals surface area contributed by atoms with E-state index in [-0.39, 0.29) is 48.7 Å². The van der Waals surface area contributed by atoms with Gasteiger partial charge in [0.1, 0.15) is 5.82 Å². The van der Waals surface area contributed by atoms with Crippen molar-refractivity contribution in [1.29, 1.82) is 0 Å². The molecule has 2 saturated carbocycles. The lowest BCUT2D eigenvalue weighted by Crippen LogP contribution is -2.46. The molecule has 0 saturated heterocycles. The first-order valence-corrected chi connectivity index (χ1v) is 9.11. The molecule has 7 heteroatoms. The normalized spacial score (nSPS) is 27.7. The second kappa shape index (κ2) is 8.15. The molecule has 5 nitrogen and oxygen atoms in total. The monoisotopic (exact) mass is 398 g/mol. The highest BCUT2D eigenvalue weighted by molar-refractivity contribution is 5.85. The molecule has 144 valence electrons. The van der Waals surface area contributed by atoms with Crippen LogP contribution in [0.5, 0.6) is 0 Å². The summed E-state index contributed by atoms with van der Waals surface area (Å²) in [5, 5.41) is 3.19. The number of para-hydroxylation sites is 2. The van der Waals surface area contributed by atoms with Crippen LogP contribution < -0.4 is 11.1 Å². The molecule has 2 aliphatic rings. The number of carbonyl (C=O) groups is 1. The summed E-state index contributed by atoms with van der Waals surface area (Å²) < 4.78 is 2.18. The van der Waals surface area contributed by atoms with Crippen molar-refractivity contribution in [3.05, 3.63) is 30.1 Å². The fourth-order valence-electron chi connectivity index (χ4n) is 4.86. The van der Waals surface area contributed by atoms with Crippen LogP contribution in [0, 0.1) is 17.8 Å². The molecule has 0 spiro atoms. The molecule has 2 bridgehead atoms. The Kier molecular flexibility index (Phi) is 6.59. The van der Waals surface area contributed by atoms with E-state index in [1.54, 1.807) is 0 Å². The van der Waals surface area contributed by atoms with E-state index in [9.17, 15) is 4.79 Å². The summed E-state index contributed by atoms with van der Waals surface area (Å²) in [6.45, 7) is 4.96. The topological polar surface area (TPSA) is 72.9 Å². The highest BCUT2D eigenvalue weighted by Gasteiger charge is 2.49. The predicted molar refractivity (Wildman–Crippen MR) is 109 cm³/mol. The number of aromatic nitrogens is 2. The number of benzene rings is 1. The van der Waals surface area contributed by atoms with Crippen LogP contribution in [0.4, 0.5) is 0 Å². The Bertz CT molecular complexity index is 776. The molecule has 2 aliphatic carbocycles. The van der Waals surface area contributed by atoms with Crippen LogP contribution in [0.25, 0.3) is 11.0 Å². The van der Waals surface area contributed by atoms with E-state index in [0.29, 0.717) is 11.8 Å². The summed E-state index contributed by atoms with van der Waals surface area (Å²) in [5.41, 5.74) is 8.41. The van der Waals surface area contributed by atoms with Gasteiger partial charge in [-0.1, -0.05) is 12.1 Å². The fourth-order valence-corrected chi connectivity index (χ4v) is 4.86. The zero-order chi connectivity index (χ0) is 16.8. The molecule has 5 atom stereocenters. The van der Waals surface area contributed by atoms with Crippen LogP contribution in [-0.2, 0) is 11.3 Å². The van der Waals surface area contributed by atoms with E-state index in [0.717, 1.165) is 36.2 Å². The standard InChI is InChI=1S/C19H26N4O.2ClH/c1-3-23-15-7-5-4-6-14(15)22-18(23)11(2)21-19(24)16-12-8-9-13(10-12)17(16)20;;/h4-7,11-13,16-17H,3,8-10,20H2,1-2H3,(H,21,24);2*1H. The summed E-state index contributed by atoms with van der Waals surface area (Å²) in [4.78, 5) is 17.6. The number of fused-ring (bicyclic) bond motifs is 3. The van der Waals surface area contributed by atoms with Gasteiger partial charge < -0.3 is 15.6 Å². The van der Waals surface area contributed by atoms with Gasteiger partial charge in [-0.2, -0.15) is 0 Å². The van der Waals surface area contributed by atoms with Crippen LogP contribution in [0.1, 0.15) is 45.0 Å². The highest BCUT2D eigenvalue weighted by Crippen LogP contribution is 2.47. The minimum Gasteiger partial charge on any atom is -0.346 e. The predicted octanol–water partition coefficient (Wildman–Crippen LogP) is 3.45. The van der Waals surface area contributed by atoms with Gasteiger partial charge in [0.25, 0.3) is 0 Å². The van der Waals surface area contributed by atoms with Crippen molar-refractivity contribution < 1.29 is 4.79 Å². The van der Waals surface area contributed by atoms with E-state index in [1.807, 2.05) is 25.1 Å². The molecule has 5 unspecified atom stereocenters. The lowest BCUT2D eigenvalue weighted by Gasteiger charge is -2.28. The van der Waals surface area contributed by atoms with E-state index < -0.39 is 0 Å². The van der Waals surface area contributed by atoms with Gasteiger partial charge in [0.05, 0.1) is 23.0 Å². The number of rotatable bonds is 4. The Balaban J connectivity index is 0.00000121. The lowest BCUT2D eigenvalue weighted by atomic mass is 9.84. The highest BCUT2D eigenvalue weighted by atomic mass is 35.5. The van der Waals surface area contributed by atoms with Gasteiger partial charge in [0, 0.05) is 12.6 Å². The van der Waals surface area contributed by atoms with Gasteiger partial charge in [0.2, 0.25) is 5.91 Å². The maximum atomic E-state index is 12.8. The van der Waals surface area contributed by atoms with Crippen LogP contribution in [0.3, 0.4) is 0 Å². The third-order valence-corrected chi connectivity index (χ3v) is 6.03. The van der Waals surface area contributed by atoms with Crippen LogP contribution in [0.15, 0.2) is 24.3 Å². The molecule has 2 fully saturated rings. The average Bonchev–Trinajstić information content (AvgIpc) is 3.26.